The summed E-state index contributed by atoms with van der Waals surface area (Å²) in [5, 5.41) is 3.41. The molecule has 1 aromatic heterocycles. The van der Waals surface area contributed by atoms with E-state index in [2.05, 4.69) is 33.2 Å². The molecule has 0 aliphatic carbocycles. The minimum Gasteiger partial charge on any atom is -0.384 e. The van der Waals surface area contributed by atoms with E-state index in [1.54, 1.807) is 12.4 Å². The van der Waals surface area contributed by atoms with Crippen LogP contribution in [0.4, 0.5) is 5.69 Å². The van der Waals surface area contributed by atoms with Crippen molar-refractivity contribution >= 4 is 21.6 Å². The zero-order chi connectivity index (χ0) is 11.1. The fourth-order valence-corrected chi connectivity index (χ4v) is 1.85. The summed E-state index contributed by atoms with van der Waals surface area (Å²) in [6, 6.07) is 1.97. The average molecular weight is 272 g/mol. The van der Waals surface area contributed by atoms with Gasteiger partial charge in [0.1, 0.15) is 0 Å². The van der Waals surface area contributed by atoms with Crippen molar-refractivity contribution in [2.75, 3.05) is 18.4 Å². The lowest BCUT2D eigenvalue weighted by atomic mass is 10.0. The maximum atomic E-state index is 5.56. The highest BCUT2D eigenvalue weighted by molar-refractivity contribution is 9.10. The van der Waals surface area contributed by atoms with Crippen LogP contribution in [0.1, 0.15) is 19.8 Å². The van der Waals surface area contributed by atoms with Gasteiger partial charge in [-0.25, -0.2) is 0 Å². The van der Waals surface area contributed by atoms with Crippen molar-refractivity contribution in [1.82, 2.24) is 4.98 Å². The first-order chi connectivity index (χ1) is 7.27. The van der Waals surface area contributed by atoms with Gasteiger partial charge in [0.25, 0.3) is 0 Å². The summed E-state index contributed by atoms with van der Waals surface area (Å²) in [6.45, 7) is 3.93. The molecule has 0 fully saturated rings. The van der Waals surface area contributed by atoms with Gasteiger partial charge in [0, 0.05) is 18.9 Å². The molecular weight excluding hydrogens is 254 g/mol. The van der Waals surface area contributed by atoms with Crippen molar-refractivity contribution in [2.24, 2.45) is 11.7 Å². The number of anilines is 1. The smallest absolute Gasteiger partial charge is 0.0590 e. The lowest BCUT2D eigenvalue weighted by Gasteiger charge is -2.16. The number of nitrogens with one attached hydrogen (secondary N) is 1. The number of aromatic nitrogens is 1. The number of pyridine rings is 1. The summed E-state index contributed by atoms with van der Waals surface area (Å²) in [5.41, 5.74) is 6.65. The van der Waals surface area contributed by atoms with E-state index in [0.29, 0.717) is 5.92 Å². The number of nitrogens with two attached hydrogens (primary N) is 1. The van der Waals surface area contributed by atoms with Crippen LogP contribution < -0.4 is 11.1 Å². The number of halogens is 1. The van der Waals surface area contributed by atoms with Gasteiger partial charge in [0.2, 0.25) is 0 Å². The number of rotatable bonds is 6. The van der Waals surface area contributed by atoms with Crippen molar-refractivity contribution in [3.05, 3.63) is 22.9 Å². The fourth-order valence-electron chi connectivity index (χ4n) is 1.46. The van der Waals surface area contributed by atoms with Gasteiger partial charge in [-0.3, -0.25) is 4.98 Å². The number of hydrogen-bond acceptors (Lipinski definition) is 3. The molecule has 3 nitrogen and oxygen atoms in total. The molecule has 0 aliphatic heterocycles. The van der Waals surface area contributed by atoms with Crippen LogP contribution in [-0.4, -0.2) is 18.1 Å². The van der Waals surface area contributed by atoms with Crippen LogP contribution in [0, 0.1) is 5.92 Å². The Morgan fingerprint density at radius 2 is 2.40 bits per heavy atom. The quantitative estimate of drug-likeness (QED) is 0.837. The second kappa shape index (κ2) is 6.80. The molecule has 0 saturated heterocycles. The minimum absolute atomic E-state index is 0.648. The van der Waals surface area contributed by atoms with Crippen LogP contribution in [-0.2, 0) is 0 Å². The van der Waals surface area contributed by atoms with E-state index in [9.17, 15) is 0 Å². The van der Waals surface area contributed by atoms with E-state index in [1.807, 2.05) is 6.07 Å². The molecule has 1 unspecified atom stereocenters. The highest BCUT2D eigenvalue weighted by Crippen LogP contribution is 2.20. The Balaban J connectivity index is 2.45. The third kappa shape index (κ3) is 4.18. The molecule has 3 N–H and O–H groups in total. The summed E-state index contributed by atoms with van der Waals surface area (Å²) in [7, 11) is 0. The van der Waals surface area contributed by atoms with E-state index >= 15 is 0 Å². The lowest BCUT2D eigenvalue weighted by Crippen LogP contribution is -2.17. The second-order valence-corrected chi connectivity index (χ2v) is 4.44. The average Bonchev–Trinajstić information content (AvgIpc) is 2.26. The summed E-state index contributed by atoms with van der Waals surface area (Å²) < 4.78 is 1.01. The van der Waals surface area contributed by atoms with Gasteiger partial charge >= 0.3 is 0 Å². The number of nitrogens with zero attached hydrogens (tertiary/aromatic N) is 1. The van der Waals surface area contributed by atoms with Crippen molar-refractivity contribution in [3.8, 4) is 0 Å². The predicted molar refractivity (Wildman–Crippen MR) is 67.9 cm³/mol. The summed E-state index contributed by atoms with van der Waals surface area (Å²) >= 11 is 3.46. The predicted octanol–water partition coefficient (Wildman–Crippen LogP) is 2.63. The first-order valence-electron chi connectivity index (χ1n) is 5.31. The molecular formula is C11H18BrN3. The van der Waals surface area contributed by atoms with Crippen LogP contribution in [0.2, 0.25) is 0 Å². The monoisotopic (exact) mass is 271 g/mol. The van der Waals surface area contributed by atoms with Crippen LogP contribution in [0.15, 0.2) is 22.9 Å². The highest BCUT2D eigenvalue weighted by atomic mass is 79.9. The molecule has 1 heterocycles. The molecule has 84 valence electrons. The van der Waals surface area contributed by atoms with E-state index < -0.39 is 0 Å². The molecule has 1 atom stereocenters. The third-order valence-corrected chi connectivity index (χ3v) is 3.14. The lowest BCUT2D eigenvalue weighted by molar-refractivity contribution is 0.501. The van der Waals surface area contributed by atoms with E-state index in [1.165, 1.54) is 0 Å². The highest BCUT2D eigenvalue weighted by Gasteiger charge is 2.05. The SMILES string of the molecule is CCC(CCN)CNc1ccncc1Br. The summed E-state index contributed by atoms with van der Waals surface area (Å²) in [4.78, 5) is 4.02. The zero-order valence-electron chi connectivity index (χ0n) is 9.04. The molecule has 0 aliphatic rings. The van der Waals surface area contributed by atoms with Gasteiger partial charge < -0.3 is 11.1 Å². The first kappa shape index (κ1) is 12.5. The molecule has 1 rings (SSSR count). The first-order valence-corrected chi connectivity index (χ1v) is 6.10. The molecule has 0 aromatic carbocycles. The Morgan fingerprint density at radius 3 is 3.00 bits per heavy atom. The van der Waals surface area contributed by atoms with Gasteiger partial charge in [-0.1, -0.05) is 13.3 Å². The Kier molecular flexibility index (Phi) is 5.65. The van der Waals surface area contributed by atoms with E-state index in [-0.39, 0.29) is 0 Å². The molecule has 0 saturated carbocycles. The van der Waals surface area contributed by atoms with Crippen molar-refractivity contribution in [1.29, 1.82) is 0 Å². The number of hydrogen-bond donors (Lipinski definition) is 2. The third-order valence-electron chi connectivity index (χ3n) is 2.51. The minimum atomic E-state index is 0.648. The Morgan fingerprint density at radius 1 is 1.60 bits per heavy atom. The maximum absolute atomic E-state index is 5.56. The molecule has 4 heteroatoms. The Bertz CT molecular complexity index is 291. The fraction of sp³-hybridized carbons (Fsp3) is 0.545. The second-order valence-electron chi connectivity index (χ2n) is 3.59. The van der Waals surface area contributed by atoms with Crippen LogP contribution in [0.3, 0.4) is 0 Å². The largest absolute Gasteiger partial charge is 0.384 e. The van der Waals surface area contributed by atoms with Crippen molar-refractivity contribution in [3.63, 3.8) is 0 Å². The van der Waals surface area contributed by atoms with Crippen LogP contribution >= 0.6 is 15.9 Å². The van der Waals surface area contributed by atoms with E-state index in [0.717, 1.165) is 36.1 Å². The molecule has 0 bridgehead atoms. The maximum Gasteiger partial charge on any atom is 0.0590 e. The summed E-state index contributed by atoms with van der Waals surface area (Å²) in [5.74, 6) is 0.648. The van der Waals surface area contributed by atoms with Gasteiger partial charge in [-0.15, -0.1) is 0 Å². The summed E-state index contributed by atoms with van der Waals surface area (Å²) in [6.07, 6.45) is 5.82. The molecule has 1 aromatic rings. The topological polar surface area (TPSA) is 50.9 Å². The van der Waals surface area contributed by atoms with Crippen LogP contribution in [0.25, 0.3) is 0 Å². The molecule has 0 amide bonds. The molecule has 0 spiro atoms. The van der Waals surface area contributed by atoms with Crippen molar-refractivity contribution < 1.29 is 0 Å². The Labute approximate surface area is 99.6 Å². The normalized spacial score (nSPS) is 12.5. The zero-order valence-corrected chi connectivity index (χ0v) is 10.6. The Hall–Kier alpha value is -0.610. The standard InChI is InChI=1S/C11H18BrN3/c1-2-9(3-5-13)7-15-11-4-6-14-8-10(11)12/h4,6,8-9H,2-3,5,7,13H2,1H3,(H,14,15). The van der Waals surface area contributed by atoms with E-state index in [4.69, 9.17) is 5.73 Å². The van der Waals surface area contributed by atoms with Gasteiger partial charge in [0.05, 0.1) is 10.2 Å². The van der Waals surface area contributed by atoms with Gasteiger partial charge in [-0.05, 0) is 40.9 Å². The molecule has 15 heavy (non-hydrogen) atoms. The van der Waals surface area contributed by atoms with Gasteiger partial charge in [0.15, 0.2) is 0 Å². The van der Waals surface area contributed by atoms with Crippen molar-refractivity contribution in [2.45, 2.75) is 19.8 Å². The van der Waals surface area contributed by atoms with Gasteiger partial charge in [-0.2, -0.15) is 0 Å². The molecule has 0 radical (unpaired) electrons. The van der Waals surface area contributed by atoms with Crippen LogP contribution in [0.5, 0.6) is 0 Å².